The minimum atomic E-state index is -0.216. The fraction of sp³-hybridized carbons (Fsp3) is 0.111. The maximum atomic E-state index is 14.4. The van der Waals surface area contributed by atoms with Crippen molar-refractivity contribution in [2.24, 2.45) is 4.99 Å². The van der Waals surface area contributed by atoms with Crippen LogP contribution >= 0.6 is 27.3 Å². The molecule has 4 aromatic carbocycles. The number of methoxy groups -OCH3 is 1. The average molecular weight is 645 g/mol. The van der Waals surface area contributed by atoms with Crippen molar-refractivity contribution in [3.8, 4) is 17.0 Å². The highest BCUT2D eigenvalue weighted by Gasteiger charge is 2.32. The van der Waals surface area contributed by atoms with Crippen LogP contribution in [0.1, 0.15) is 34.7 Å². The van der Waals surface area contributed by atoms with Crippen molar-refractivity contribution in [3.05, 3.63) is 149 Å². The van der Waals surface area contributed by atoms with Gasteiger partial charge in [-0.1, -0.05) is 94.0 Å². The first-order valence-corrected chi connectivity index (χ1v) is 15.8. The van der Waals surface area contributed by atoms with Crippen LogP contribution in [0.25, 0.3) is 33.9 Å². The molecule has 1 N–H and O–H groups in total. The first-order valence-electron chi connectivity index (χ1n) is 14.2. The molecule has 0 saturated heterocycles. The van der Waals surface area contributed by atoms with E-state index in [2.05, 4.69) is 69.4 Å². The minimum absolute atomic E-state index is 0.0293. The number of halogens is 1. The number of nitrogens with zero attached hydrogens (tertiary/aromatic N) is 2. The van der Waals surface area contributed by atoms with E-state index in [4.69, 9.17) is 9.73 Å². The summed E-state index contributed by atoms with van der Waals surface area (Å²) in [4.78, 5) is 23.9. The Labute approximate surface area is 260 Å². The first kappa shape index (κ1) is 26.2. The van der Waals surface area contributed by atoms with Crippen LogP contribution in [0.5, 0.6) is 5.75 Å². The first-order chi connectivity index (χ1) is 21.1. The zero-order chi connectivity index (χ0) is 29.1. The Morgan fingerprint density at radius 2 is 1.77 bits per heavy atom. The molecule has 5 nitrogen and oxygen atoms in total. The number of fused-ring (bicyclic) bond motifs is 4. The summed E-state index contributed by atoms with van der Waals surface area (Å²) in [6, 6.07) is 32.9. The molecule has 2 aliphatic rings. The Morgan fingerprint density at radius 3 is 2.58 bits per heavy atom. The molecular weight excluding hydrogens is 618 g/mol. The maximum Gasteiger partial charge on any atom is 0.271 e. The molecule has 0 unspecified atom stereocenters. The number of aromatic nitrogens is 2. The van der Waals surface area contributed by atoms with Gasteiger partial charge in [0, 0.05) is 26.5 Å². The van der Waals surface area contributed by atoms with E-state index in [1.54, 1.807) is 7.11 Å². The summed E-state index contributed by atoms with van der Waals surface area (Å²) in [6.45, 7) is 0. The Kier molecular flexibility index (Phi) is 6.31. The number of aromatic amines is 1. The number of aryl methyl sites for hydroxylation is 1. The van der Waals surface area contributed by atoms with Gasteiger partial charge in [0.15, 0.2) is 4.80 Å². The third-order valence-electron chi connectivity index (χ3n) is 8.44. The Hall–Kier alpha value is -4.46. The van der Waals surface area contributed by atoms with Gasteiger partial charge >= 0.3 is 0 Å². The third kappa shape index (κ3) is 4.34. The summed E-state index contributed by atoms with van der Waals surface area (Å²) in [5.74, 6) is 0.767. The van der Waals surface area contributed by atoms with Crippen molar-refractivity contribution in [2.45, 2.75) is 18.9 Å². The quantitative estimate of drug-likeness (QED) is 0.220. The number of benzene rings is 4. The van der Waals surface area contributed by atoms with Gasteiger partial charge in [0.05, 0.1) is 29.1 Å². The predicted molar refractivity (Wildman–Crippen MR) is 177 cm³/mol. The van der Waals surface area contributed by atoms with Crippen molar-refractivity contribution < 1.29 is 4.74 Å². The van der Waals surface area contributed by atoms with Gasteiger partial charge in [0.1, 0.15) is 5.75 Å². The largest absolute Gasteiger partial charge is 0.497 e. The number of H-pyrrole nitrogens is 1. The highest BCUT2D eigenvalue weighted by molar-refractivity contribution is 9.10. The highest BCUT2D eigenvalue weighted by Crippen LogP contribution is 2.41. The second-order valence-corrected chi connectivity index (χ2v) is 12.8. The molecule has 43 heavy (non-hydrogen) atoms. The molecule has 6 aromatic rings. The molecule has 7 heteroatoms. The van der Waals surface area contributed by atoms with E-state index < -0.39 is 0 Å². The Bertz CT molecular complexity index is 2260. The van der Waals surface area contributed by atoms with Crippen LogP contribution in [0, 0.1) is 0 Å². The van der Waals surface area contributed by atoms with E-state index in [0.29, 0.717) is 4.53 Å². The number of hydrogen-bond acceptors (Lipinski definition) is 4. The van der Waals surface area contributed by atoms with Crippen LogP contribution in [0.2, 0.25) is 0 Å². The van der Waals surface area contributed by atoms with Gasteiger partial charge < -0.3 is 9.72 Å². The molecule has 3 heterocycles. The maximum absolute atomic E-state index is 14.4. The van der Waals surface area contributed by atoms with Crippen LogP contribution in [-0.4, -0.2) is 16.7 Å². The number of rotatable bonds is 4. The van der Waals surface area contributed by atoms with Crippen molar-refractivity contribution in [1.82, 2.24) is 9.55 Å². The van der Waals surface area contributed by atoms with E-state index in [-0.39, 0.29) is 11.6 Å². The SMILES string of the molecule is COc1ccc2[nH]c(-c3ccccc3)c(/C=c3/sc4n(c3=O)[C@@H](c3ccc(Br)cc3)C3=C(N=4)c4ccccc4CC3)c2c1. The summed E-state index contributed by atoms with van der Waals surface area (Å²) < 4.78 is 9.14. The molecule has 0 amide bonds. The zero-order valence-corrected chi connectivity index (χ0v) is 25.7. The van der Waals surface area contributed by atoms with Crippen molar-refractivity contribution in [1.29, 1.82) is 0 Å². The number of hydrogen-bond donors (Lipinski definition) is 1. The Morgan fingerprint density at radius 1 is 0.977 bits per heavy atom. The van der Waals surface area contributed by atoms with Crippen LogP contribution < -0.4 is 19.6 Å². The Balaban J connectivity index is 1.40. The number of ether oxygens (including phenoxy) is 1. The van der Waals surface area contributed by atoms with E-state index in [1.165, 1.54) is 28.0 Å². The molecule has 0 radical (unpaired) electrons. The zero-order valence-electron chi connectivity index (χ0n) is 23.3. The van der Waals surface area contributed by atoms with Gasteiger partial charge in [-0.15, -0.1) is 0 Å². The molecule has 2 aromatic heterocycles. The monoisotopic (exact) mass is 643 g/mol. The van der Waals surface area contributed by atoms with E-state index in [1.807, 2.05) is 59.2 Å². The topological polar surface area (TPSA) is 59.4 Å². The number of nitrogens with one attached hydrogen (secondary N) is 1. The summed E-state index contributed by atoms with van der Waals surface area (Å²) in [7, 11) is 1.67. The van der Waals surface area contributed by atoms with Crippen LogP contribution in [-0.2, 0) is 6.42 Å². The van der Waals surface area contributed by atoms with E-state index in [9.17, 15) is 4.79 Å². The molecule has 1 aliphatic heterocycles. The van der Waals surface area contributed by atoms with Gasteiger partial charge in [-0.3, -0.25) is 9.36 Å². The lowest BCUT2D eigenvalue weighted by Crippen LogP contribution is -2.38. The van der Waals surface area contributed by atoms with Crippen LogP contribution in [0.15, 0.2) is 117 Å². The molecule has 0 spiro atoms. The molecule has 0 saturated carbocycles. The molecule has 1 aliphatic carbocycles. The molecular formula is C36H26BrN3O2S. The van der Waals surface area contributed by atoms with Crippen molar-refractivity contribution >= 4 is 49.9 Å². The van der Waals surface area contributed by atoms with Gasteiger partial charge in [0.25, 0.3) is 5.56 Å². The molecule has 8 rings (SSSR count). The summed E-state index contributed by atoms with van der Waals surface area (Å²) in [5.41, 5.74) is 9.68. The lowest BCUT2D eigenvalue weighted by Gasteiger charge is -2.30. The van der Waals surface area contributed by atoms with Gasteiger partial charge in [-0.2, -0.15) is 0 Å². The number of thiazole rings is 1. The average Bonchev–Trinajstić information content (AvgIpc) is 3.57. The van der Waals surface area contributed by atoms with Crippen molar-refractivity contribution in [3.63, 3.8) is 0 Å². The third-order valence-corrected chi connectivity index (χ3v) is 9.95. The van der Waals surface area contributed by atoms with Crippen LogP contribution in [0.4, 0.5) is 0 Å². The molecule has 0 bridgehead atoms. The highest BCUT2D eigenvalue weighted by atomic mass is 79.9. The van der Waals surface area contributed by atoms with E-state index >= 15 is 0 Å². The lowest BCUT2D eigenvalue weighted by molar-refractivity contribution is 0.415. The molecule has 1 atom stereocenters. The second-order valence-electron chi connectivity index (χ2n) is 10.9. The molecule has 0 fully saturated rings. The van der Waals surface area contributed by atoms with Crippen molar-refractivity contribution in [2.75, 3.05) is 7.11 Å². The fourth-order valence-corrected chi connectivity index (χ4v) is 7.65. The van der Waals surface area contributed by atoms with E-state index in [0.717, 1.165) is 66.8 Å². The summed E-state index contributed by atoms with van der Waals surface area (Å²) >= 11 is 5.04. The smallest absolute Gasteiger partial charge is 0.271 e. The standard InChI is InChI=1S/C36H26BrN3O2S/c1-42-25-16-18-30-28(19-25)29(32(38-30)22-8-3-2-4-9-22)20-31-35(41)40-34(23-11-14-24(37)15-12-23)27-17-13-21-7-5-6-10-26(21)33(27)39-36(40)43-31/h2-12,14-16,18-20,34,38H,13,17H2,1H3/b31-20+/t34-/m0/s1. The second kappa shape index (κ2) is 10.4. The van der Waals surface area contributed by atoms with Crippen LogP contribution in [0.3, 0.4) is 0 Å². The van der Waals surface area contributed by atoms with Gasteiger partial charge in [-0.25, -0.2) is 4.99 Å². The predicted octanol–water partition coefficient (Wildman–Crippen LogP) is 7.24. The summed E-state index contributed by atoms with van der Waals surface area (Å²) in [5, 5.41) is 1.00. The number of allylic oxidation sites excluding steroid dienone is 1. The van der Waals surface area contributed by atoms with Gasteiger partial charge in [0.2, 0.25) is 0 Å². The lowest BCUT2D eigenvalue weighted by atomic mass is 9.83. The molecule has 210 valence electrons. The summed E-state index contributed by atoms with van der Waals surface area (Å²) in [6.07, 6.45) is 3.82. The fourth-order valence-electron chi connectivity index (χ4n) is 6.40. The van der Waals surface area contributed by atoms with Gasteiger partial charge in [-0.05, 0) is 71.5 Å². The normalized spacial score (nSPS) is 16.0. The minimum Gasteiger partial charge on any atom is -0.497 e.